The fourth-order valence-corrected chi connectivity index (χ4v) is 3.59. The average Bonchev–Trinajstić information content (AvgIpc) is 3.48. The van der Waals surface area contributed by atoms with Crippen LogP contribution in [-0.4, -0.2) is 41.4 Å². The summed E-state index contributed by atoms with van der Waals surface area (Å²) in [5.41, 5.74) is 2.71. The molecule has 0 aliphatic heterocycles. The highest BCUT2D eigenvalue weighted by Gasteiger charge is 2.21. The van der Waals surface area contributed by atoms with Crippen molar-refractivity contribution in [2.24, 2.45) is 5.92 Å². The van der Waals surface area contributed by atoms with Gasteiger partial charge in [-0.3, -0.25) is 14.2 Å². The quantitative estimate of drug-likeness (QED) is 0.541. The van der Waals surface area contributed by atoms with Gasteiger partial charge in [0, 0.05) is 23.3 Å². The van der Waals surface area contributed by atoms with E-state index in [4.69, 9.17) is 14.6 Å². The number of carbonyl (C=O) groups excluding carboxylic acids is 1. The van der Waals surface area contributed by atoms with Crippen molar-refractivity contribution >= 4 is 22.8 Å². The summed E-state index contributed by atoms with van der Waals surface area (Å²) in [4.78, 5) is 24.3. The number of aliphatic carboxylic acids is 1. The number of hydrogen-bond donors (Lipinski definition) is 1. The fourth-order valence-electron chi connectivity index (χ4n) is 3.59. The monoisotopic (exact) mass is 407 g/mol. The second-order valence-electron chi connectivity index (χ2n) is 7.74. The second kappa shape index (κ2) is 8.71. The maximum Gasteiger partial charge on any atom is 0.307 e. The minimum absolute atomic E-state index is 0.0780. The maximum absolute atomic E-state index is 13.1. The maximum atomic E-state index is 13.1. The predicted molar refractivity (Wildman–Crippen MR) is 113 cm³/mol. The van der Waals surface area contributed by atoms with Crippen LogP contribution in [0.2, 0.25) is 0 Å². The van der Waals surface area contributed by atoms with Crippen molar-refractivity contribution in [1.82, 2.24) is 4.57 Å². The second-order valence-corrected chi connectivity index (χ2v) is 7.74. The SMILES string of the molecule is Cc1cc2c(CC(=O)O)cccc2n1C(=O)c1ccc(OCCOCC2CC2)cc1. The summed E-state index contributed by atoms with van der Waals surface area (Å²) in [6, 6.07) is 14.3. The first-order chi connectivity index (χ1) is 14.5. The van der Waals surface area contributed by atoms with Crippen LogP contribution in [0.4, 0.5) is 0 Å². The molecular weight excluding hydrogens is 382 g/mol. The summed E-state index contributed by atoms with van der Waals surface area (Å²) < 4.78 is 12.9. The molecule has 1 N–H and O–H groups in total. The molecule has 2 aromatic carbocycles. The van der Waals surface area contributed by atoms with Crippen molar-refractivity contribution in [2.45, 2.75) is 26.2 Å². The summed E-state index contributed by atoms with van der Waals surface area (Å²) in [5.74, 6) is 0.380. The lowest BCUT2D eigenvalue weighted by molar-refractivity contribution is -0.136. The third-order valence-electron chi connectivity index (χ3n) is 5.31. The molecule has 6 heteroatoms. The van der Waals surface area contributed by atoms with Crippen LogP contribution in [-0.2, 0) is 16.0 Å². The van der Waals surface area contributed by atoms with Gasteiger partial charge >= 0.3 is 5.97 Å². The molecule has 1 heterocycles. The Kier molecular flexibility index (Phi) is 5.86. The van der Waals surface area contributed by atoms with Gasteiger partial charge in [0.05, 0.1) is 18.5 Å². The van der Waals surface area contributed by atoms with Crippen LogP contribution in [0, 0.1) is 12.8 Å². The highest BCUT2D eigenvalue weighted by molar-refractivity contribution is 6.04. The fraction of sp³-hybridized carbons (Fsp3) is 0.333. The Bertz CT molecular complexity index is 1060. The lowest BCUT2D eigenvalue weighted by Crippen LogP contribution is -2.13. The van der Waals surface area contributed by atoms with Crippen LogP contribution in [0.5, 0.6) is 5.75 Å². The number of carboxylic acid groups (broad SMARTS) is 1. The molecular formula is C24H25NO5. The van der Waals surface area contributed by atoms with Crippen molar-refractivity contribution < 1.29 is 24.2 Å². The number of carbonyl (C=O) groups is 2. The number of ether oxygens (including phenoxy) is 2. The summed E-state index contributed by atoms with van der Waals surface area (Å²) in [6.45, 7) is 3.70. The first-order valence-electron chi connectivity index (χ1n) is 10.2. The summed E-state index contributed by atoms with van der Waals surface area (Å²) in [7, 11) is 0. The van der Waals surface area contributed by atoms with Crippen molar-refractivity contribution in [3.05, 3.63) is 65.4 Å². The van der Waals surface area contributed by atoms with Gasteiger partial charge in [-0.25, -0.2) is 0 Å². The molecule has 156 valence electrons. The highest BCUT2D eigenvalue weighted by Crippen LogP contribution is 2.28. The molecule has 4 rings (SSSR count). The number of fused-ring (bicyclic) bond motifs is 1. The first kappa shape index (κ1) is 20.2. The van der Waals surface area contributed by atoms with Crippen LogP contribution in [0.25, 0.3) is 10.9 Å². The van der Waals surface area contributed by atoms with Crippen LogP contribution < -0.4 is 4.74 Å². The molecule has 30 heavy (non-hydrogen) atoms. The van der Waals surface area contributed by atoms with E-state index in [0.29, 0.717) is 35.6 Å². The van der Waals surface area contributed by atoms with Crippen LogP contribution in [0.1, 0.15) is 34.5 Å². The zero-order valence-corrected chi connectivity index (χ0v) is 17.0. The Morgan fingerprint density at radius 1 is 1.10 bits per heavy atom. The zero-order chi connectivity index (χ0) is 21.1. The van der Waals surface area contributed by atoms with Crippen LogP contribution in [0.15, 0.2) is 48.5 Å². The number of aromatic nitrogens is 1. The van der Waals surface area contributed by atoms with Gasteiger partial charge in [-0.15, -0.1) is 0 Å². The van der Waals surface area contributed by atoms with Gasteiger partial charge in [-0.2, -0.15) is 0 Å². The third kappa shape index (κ3) is 4.54. The number of rotatable bonds is 9. The minimum atomic E-state index is -0.896. The highest BCUT2D eigenvalue weighted by atomic mass is 16.5. The number of benzene rings is 2. The molecule has 6 nitrogen and oxygen atoms in total. The summed E-state index contributed by atoms with van der Waals surface area (Å²) in [5, 5.41) is 9.93. The normalized spacial score (nSPS) is 13.5. The summed E-state index contributed by atoms with van der Waals surface area (Å²) >= 11 is 0. The standard InChI is InChI=1S/C24H25NO5/c1-16-13-21-19(14-23(26)27)3-2-4-22(21)25(16)24(28)18-7-9-20(10-8-18)30-12-11-29-15-17-5-6-17/h2-4,7-10,13,17H,5-6,11-12,14-15H2,1H3,(H,26,27). The van der Waals surface area contributed by atoms with E-state index in [1.807, 2.05) is 19.1 Å². The molecule has 0 saturated heterocycles. The van der Waals surface area contributed by atoms with E-state index in [9.17, 15) is 9.59 Å². The van der Waals surface area contributed by atoms with Gasteiger partial charge in [-0.05, 0) is 67.6 Å². The van der Waals surface area contributed by atoms with Gasteiger partial charge in [0.2, 0.25) is 0 Å². The number of hydrogen-bond acceptors (Lipinski definition) is 4. The summed E-state index contributed by atoms with van der Waals surface area (Å²) in [6.07, 6.45) is 2.46. The van der Waals surface area contributed by atoms with Gasteiger partial charge < -0.3 is 14.6 Å². The topological polar surface area (TPSA) is 77.8 Å². The van der Waals surface area contributed by atoms with Crippen LogP contribution in [0.3, 0.4) is 0 Å². The first-order valence-corrected chi connectivity index (χ1v) is 10.2. The van der Waals surface area contributed by atoms with Crippen molar-refractivity contribution in [2.75, 3.05) is 19.8 Å². The van der Waals surface area contributed by atoms with Crippen molar-refractivity contribution in [3.63, 3.8) is 0 Å². The predicted octanol–water partition coefficient (Wildman–Crippen LogP) is 4.07. The van der Waals surface area contributed by atoms with Gasteiger partial charge in [0.15, 0.2) is 0 Å². The Labute approximate surface area is 175 Å². The number of aryl methyl sites for hydroxylation is 1. The van der Waals surface area contributed by atoms with Gasteiger partial charge in [0.1, 0.15) is 12.4 Å². The molecule has 3 aromatic rings. The van der Waals surface area contributed by atoms with Gasteiger partial charge in [0.25, 0.3) is 5.91 Å². The molecule has 0 unspecified atom stereocenters. The molecule has 1 aliphatic carbocycles. The van der Waals surface area contributed by atoms with E-state index < -0.39 is 5.97 Å². The molecule has 0 radical (unpaired) electrons. The van der Waals surface area contributed by atoms with Gasteiger partial charge in [-0.1, -0.05) is 12.1 Å². The Morgan fingerprint density at radius 3 is 2.57 bits per heavy atom. The zero-order valence-electron chi connectivity index (χ0n) is 17.0. The minimum Gasteiger partial charge on any atom is -0.491 e. The van der Waals surface area contributed by atoms with E-state index >= 15 is 0 Å². The molecule has 0 bridgehead atoms. The third-order valence-corrected chi connectivity index (χ3v) is 5.31. The van der Waals surface area contributed by atoms with Crippen LogP contribution >= 0.6 is 0 Å². The smallest absolute Gasteiger partial charge is 0.307 e. The van der Waals surface area contributed by atoms with E-state index in [2.05, 4.69) is 0 Å². The van der Waals surface area contributed by atoms with E-state index in [1.165, 1.54) is 12.8 Å². The van der Waals surface area contributed by atoms with Crippen molar-refractivity contribution in [3.8, 4) is 5.75 Å². The molecule has 1 aliphatic rings. The average molecular weight is 407 g/mol. The number of carboxylic acids is 1. The van der Waals surface area contributed by atoms with Crippen molar-refractivity contribution in [1.29, 1.82) is 0 Å². The molecule has 0 atom stereocenters. The molecule has 1 aromatic heterocycles. The molecule has 1 fully saturated rings. The lowest BCUT2D eigenvalue weighted by atomic mass is 10.1. The molecule has 0 amide bonds. The lowest BCUT2D eigenvalue weighted by Gasteiger charge is -2.10. The Hall–Kier alpha value is -3.12. The molecule has 0 spiro atoms. The Balaban J connectivity index is 1.46. The van der Waals surface area contributed by atoms with E-state index in [1.54, 1.807) is 41.0 Å². The largest absolute Gasteiger partial charge is 0.491 e. The van der Waals surface area contributed by atoms with E-state index in [0.717, 1.165) is 23.6 Å². The molecule has 1 saturated carbocycles. The number of nitrogens with zero attached hydrogens (tertiary/aromatic N) is 1. The van der Waals surface area contributed by atoms with E-state index in [-0.39, 0.29) is 12.3 Å². The Morgan fingerprint density at radius 2 is 1.87 bits per heavy atom.